The van der Waals surface area contributed by atoms with E-state index < -0.39 is 0 Å². The number of carbonyl (C=O) groups is 1. The molecular weight excluding hydrogens is 432 g/mol. The summed E-state index contributed by atoms with van der Waals surface area (Å²) in [5.41, 5.74) is 3.74. The maximum absolute atomic E-state index is 13.0. The van der Waals surface area contributed by atoms with Crippen LogP contribution in [-0.2, 0) is 13.0 Å². The van der Waals surface area contributed by atoms with E-state index in [0.29, 0.717) is 23.5 Å². The van der Waals surface area contributed by atoms with Crippen molar-refractivity contribution in [3.05, 3.63) is 59.9 Å². The van der Waals surface area contributed by atoms with E-state index in [2.05, 4.69) is 26.9 Å². The lowest BCUT2D eigenvalue weighted by Gasteiger charge is -2.10. The van der Waals surface area contributed by atoms with Crippen LogP contribution in [0.3, 0.4) is 0 Å². The zero-order valence-electron chi connectivity index (χ0n) is 19.5. The maximum atomic E-state index is 13.0. The predicted molar refractivity (Wildman–Crippen MR) is 127 cm³/mol. The van der Waals surface area contributed by atoms with Gasteiger partial charge in [-0.1, -0.05) is 13.3 Å². The van der Waals surface area contributed by atoms with Crippen molar-refractivity contribution in [3.8, 4) is 22.8 Å². The molecule has 176 valence electrons. The van der Waals surface area contributed by atoms with Gasteiger partial charge in [0.05, 0.1) is 11.9 Å². The second-order valence-corrected chi connectivity index (χ2v) is 8.38. The minimum absolute atomic E-state index is 0.172. The first kappa shape index (κ1) is 21.9. The Morgan fingerprint density at radius 2 is 2.06 bits per heavy atom. The van der Waals surface area contributed by atoms with Crippen molar-refractivity contribution in [2.75, 3.05) is 13.3 Å². The summed E-state index contributed by atoms with van der Waals surface area (Å²) in [6, 6.07) is 7.83. The lowest BCUT2D eigenvalue weighted by Crippen LogP contribution is -2.25. The number of carbonyl (C=O) groups excluding carboxylic acids is 1. The monoisotopic (exact) mass is 460 g/mol. The van der Waals surface area contributed by atoms with E-state index in [0.717, 1.165) is 60.8 Å². The van der Waals surface area contributed by atoms with Gasteiger partial charge in [0.15, 0.2) is 17.1 Å². The first-order valence-electron chi connectivity index (χ1n) is 11.7. The molecule has 0 atom stereocenters. The standard InChI is InChI=1S/C25H28N6O3/c1-3-4-6-19-14-21(18-7-8-22-23(13-18)34-16-33-22)29-24-20(15-28-31(19)24)25(32)27-9-5-11-30-12-10-26-17(30)2/h7-8,10,12-15H,3-6,9,11,16H2,1-2H3,(H,27,32). The van der Waals surface area contributed by atoms with Gasteiger partial charge >= 0.3 is 0 Å². The molecule has 0 saturated heterocycles. The van der Waals surface area contributed by atoms with Crippen LogP contribution in [0.1, 0.15) is 48.1 Å². The number of aromatic nitrogens is 5. The second kappa shape index (κ2) is 9.54. The van der Waals surface area contributed by atoms with Crippen LogP contribution in [0.15, 0.2) is 42.9 Å². The van der Waals surface area contributed by atoms with Gasteiger partial charge in [-0.15, -0.1) is 0 Å². The predicted octanol–water partition coefficient (Wildman–Crippen LogP) is 3.79. The summed E-state index contributed by atoms with van der Waals surface area (Å²) < 4.78 is 14.8. The second-order valence-electron chi connectivity index (χ2n) is 8.38. The van der Waals surface area contributed by atoms with Crippen molar-refractivity contribution >= 4 is 11.6 Å². The molecule has 0 spiro atoms. The zero-order valence-corrected chi connectivity index (χ0v) is 19.5. The number of unbranched alkanes of at least 4 members (excludes halogenated alkanes) is 1. The lowest BCUT2D eigenvalue weighted by molar-refractivity contribution is 0.0954. The van der Waals surface area contributed by atoms with Crippen LogP contribution in [0.2, 0.25) is 0 Å². The quantitative estimate of drug-likeness (QED) is 0.382. The van der Waals surface area contributed by atoms with E-state index in [1.165, 1.54) is 0 Å². The molecule has 1 amide bonds. The van der Waals surface area contributed by atoms with Gasteiger partial charge in [0.2, 0.25) is 6.79 Å². The molecule has 9 heteroatoms. The number of rotatable bonds is 9. The molecule has 0 saturated carbocycles. The molecule has 1 aliphatic rings. The molecule has 0 radical (unpaired) electrons. The van der Waals surface area contributed by atoms with Gasteiger partial charge in [-0.05, 0) is 50.5 Å². The summed E-state index contributed by atoms with van der Waals surface area (Å²) in [4.78, 5) is 22.1. The average Bonchev–Trinajstić information content (AvgIpc) is 3.59. The van der Waals surface area contributed by atoms with Gasteiger partial charge in [-0.2, -0.15) is 5.10 Å². The summed E-state index contributed by atoms with van der Waals surface area (Å²) >= 11 is 0. The van der Waals surface area contributed by atoms with Crippen LogP contribution in [-0.4, -0.2) is 43.4 Å². The van der Waals surface area contributed by atoms with Gasteiger partial charge in [0, 0.05) is 36.7 Å². The first-order valence-corrected chi connectivity index (χ1v) is 11.7. The Morgan fingerprint density at radius 3 is 2.88 bits per heavy atom. The third-order valence-corrected chi connectivity index (χ3v) is 6.03. The Hall–Kier alpha value is -3.88. The van der Waals surface area contributed by atoms with E-state index in [1.807, 2.05) is 37.4 Å². The van der Waals surface area contributed by atoms with E-state index in [9.17, 15) is 4.79 Å². The average molecular weight is 461 g/mol. The molecule has 0 aliphatic carbocycles. The van der Waals surface area contributed by atoms with Crippen LogP contribution in [0.25, 0.3) is 16.9 Å². The first-order chi connectivity index (χ1) is 16.6. The fourth-order valence-electron chi connectivity index (χ4n) is 4.11. The number of imidazole rings is 1. The molecule has 1 aliphatic heterocycles. The fraction of sp³-hybridized carbons (Fsp3) is 0.360. The number of nitrogens with zero attached hydrogens (tertiary/aromatic N) is 5. The van der Waals surface area contributed by atoms with Crippen molar-refractivity contribution in [3.63, 3.8) is 0 Å². The summed E-state index contributed by atoms with van der Waals surface area (Å²) in [6.07, 6.45) is 9.08. The third kappa shape index (κ3) is 4.33. The Balaban J connectivity index is 1.40. The Morgan fingerprint density at radius 1 is 1.18 bits per heavy atom. The smallest absolute Gasteiger partial charge is 0.256 e. The Labute approximate surface area is 197 Å². The van der Waals surface area contributed by atoms with Crippen molar-refractivity contribution in [1.82, 2.24) is 29.5 Å². The number of hydrogen-bond acceptors (Lipinski definition) is 6. The van der Waals surface area contributed by atoms with Gasteiger partial charge in [-0.25, -0.2) is 14.5 Å². The van der Waals surface area contributed by atoms with E-state index in [-0.39, 0.29) is 12.7 Å². The van der Waals surface area contributed by atoms with Crippen molar-refractivity contribution < 1.29 is 14.3 Å². The van der Waals surface area contributed by atoms with Crippen LogP contribution < -0.4 is 14.8 Å². The highest BCUT2D eigenvalue weighted by atomic mass is 16.7. The van der Waals surface area contributed by atoms with E-state index in [4.69, 9.17) is 14.5 Å². The largest absolute Gasteiger partial charge is 0.454 e. The summed E-state index contributed by atoms with van der Waals surface area (Å²) in [6.45, 7) is 5.70. The number of amides is 1. The maximum Gasteiger partial charge on any atom is 0.256 e. The molecule has 34 heavy (non-hydrogen) atoms. The van der Waals surface area contributed by atoms with Crippen molar-refractivity contribution in [2.45, 2.75) is 46.1 Å². The van der Waals surface area contributed by atoms with Crippen molar-refractivity contribution in [2.24, 2.45) is 0 Å². The van der Waals surface area contributed by atoms with E-state index >= 15 is 0 Å². The Kier molecular flexibility index (Phi) is 6.16. The molecule has 0 bridgehead atoms. The normalized spacial score (nSPS) is 12.4. The molecule has 0 fully saturated rings. The van der Waals surface area contributed by atoms with Crippen LogP contribution >= 0.6 is 0 Å². The minimum atomic E-state index is -0.172. The zero-order chi connectivity index (χ0) is 23.5. The number of benzene rings is 1. The number of ether oxygens (including phenoxy) is 2. The molecule has 1 aromatic carbocycles. The van der Waals surface area contributed by atoms with Crippen LogP contribution in [0.5, 0.6) is 11.5 Å². The summed E-state index contributed by atoms with van der Waals surface area (Å²) in [7, 11) is 0. The molecule has 0 unspecified atom stereocenters. The van der Waals surface area contributed by atoms with Gasteiger partial charge in [0.1, 0.15) is 11.4 Å². The van der Waals surface area contributed by atoms with Gasteiger partial charge in [0.25, 0.3) is 5.91 Å². The molecule has 9 nitrogen and oxygen atoms in total. The lowest BCUT2D eigenvalue weighted by atomic mass is 10.1. The van der Waals surface area contributed by atoms with E-state index in [1.54, 1.807) is 16.9 Å². The Bertz CT molecular complexity index is 1330. The van der Waals surface area contributed by atoms with Crippen LogP contribution in [0, 0.1) is 6.92 Å². The number of aryl methyl sites for hydroxylation is 3. The fourth-order valence-corrected chi connectivity index (χ4v) is 4.11. The summed E-state index contributed by atoms with van der Waals surface area (Å²) in [5, 5.41) is 7.51. The molecule has 4 heterocycles. The highest BCUT2D eigenvalue weighted by Crippen LogP contribution is 2.36. The molecule has 4 aromatic rings. The SMILES string of the molecule is CCCCc1cc(-c2ccc3c(c2)OCO3)nc2c(C(=O)NCCCn3ccnc3C)cnn12. The highest BCUT2D eigenvalue weighted by molar-refractivity contribution is 5.99. The number of fused-ring (bicyclic) bond motifs is 2. The molecule has 5 rings (SSSR count). The third-order valence-electron chi connectivity index (χ3n) is 6.03. The molecular formula is C25H28N6O3. The molecule has 3 aromatic heterocycles. The number of hydrogen-bond donors (Lipinski definition) is 1. The minimum Gasteiger partial charge on any atom is -0.454 e. The highest BCUT2D eigenvalue weighted by Gasteiger charge is 2.19. The van der Waals surface area contributed by atoms with Gasteiger partial charge < -0.3 is 19.4 Å². The van der Waals surface area contributed by atoms with Crippen LogP contribution in [0.4, 0.5) is 0 Å². The summed E-state index contributed by atoms with van der Waals surface area (Å²) in [5.74, 6) is 2.23. The molecule has 1 N–H and O–H groups in total. The van der Waals surface area contributed by atoms with Crippen molar-refractivity contribution in [1.29, 1.82) is 0 Å². The number of nitrogens with one attached hydrogen (secondary N) is 1. The topological polar surface area (TPSA) is 95.6 Å². The van der Waals surface area contributed by atoms with Gasteiger partial charge in [-0.3, -0.25) is 4.79 Å².